The molecule has 5 rings (SSSR count). The minimum atomic E-state index is 0.560. The van der Waals surface area contributed by atoms with Crippen molar-refractivity contribution in [3.63, 3.8) is 0 Å². The molecule has 0 spiro atoms. The van der Waals surface area contributed by atoms with Gasteiger partial charge in [-0.3, -0.25) is 0 Å². The van der Waals surface area contributed by atoms with Gasteiger partial charge in [0.05, 0.1) is 0 Å². The van der Waals surface area contributed by atoms with Crippen molar-refractivity contribution in [2.45, 2.75) is 55.5 Å². The van der Waals surface area contributed by atoms with E-state index in [2.05, 4.69) is 73.7 Å². The molecule has 3 aromatic rings. The van der Waals surface area contributed by atoms with E-state index < -0.39 is 0 Å². The monoisotopic (exact) mass is 455 g/mol. The van der Waals surface area contributed by atoms with Gasteiger partial charge in [0.1, 0.15) is 0 Å². The first-order chi connectivity index (χ1) is 14.2. The minimum absolute atomic E-state index is 0.560. The summed E-state index contributed by atoms with van der Waals surface area (Å²) in [5, 5.41) is 2.65. The van der Waals surface area contributed by atoms with Crippen LogP contribution in [0.3, 0.4) is 0 Å². The molecule has 0 saturated heterocycles. The Bertz CT molecular complexity index is 1070. The number of hydrogen-bond donors (Lipinski definition) is 0. The van der Waals surface area contributed by atoms with Crippen LogP contribution in [-0.4, -0.2) is 0 Å². The van der Waals surface area contributed by atoms with E-state index in [1.807, 2.05) is 0 Å². The van der Waals surface area contributed by atoms with Crippen molar-refractivity contribution >= 4 is 16.8 Å². The summed E-state index contributed by atoms with van der Waals surface area (Å²) in [5.74, 6) is 0. The molecule has 0 N–H and O–H groups in total. The maximum absolute atomic E-state index is 2.57. The van der Waals surface area contributed by atoms with E-state index in [4.69, 9.17) is 0 Å². The molecule has 145 valence electrons. The van der Waals surface area contributed by atoms with Gasteiger partial charge in [0.15, 0.2) is 0 Å². The normalized spacial score (nSPS) is 20.4. The van der Waals surface area contributed by atoms with Gasteiger partial charge in [0, 0.05) is 0 Å². The molecule has 0 aromatic heterocycles. The van der Waals surface area contributed by atoms with Gasteiger partial charge >= 0.3 is 191 Å². The average Bonchev–Trinajstić information content (AvgIpc) is 3.09. The van der Waals surface area contributed by atoms with Gasteiger partial charge in [-0.05, 0) is 0 Å². The van der Waals surface area contributed by atoms with E-state index in [1.165, 1.54) is 72.4 Å². The van der Waals surface area contributed by atoms with Gasteiger partial charge in [-0.15, -0.1) is 0 Å². The summed E-state index contributed by atoms with van der Waals surface area (Å²) >= 11 is 1.64. The molecule has 3 aromatic carbocycles. The third-order valence-electron chi connectivity index (χ3n) is 7.46. The molecule has 1 atom stereocenters. The fraction of sp³-hybridized carbons (Fsp3) is 0.357. The predicted molar refractivity (Wildman–Crippen MR) is 121 cm³/mol. The molecule has 0 radical (unpaired) electrons. The Labute approximate surface area is 190 Å². The summed E-state index contributed by atoms with van der Waals surface area (Å²) in [4.78, 5) is 0. The van der Waals surface area contributed by atoms with Crippen molar-refractivity contribution in [3.8, 4) is 11.1 Å². The second-order valence-electron chi connectivity index (χ2n) is 9.11. The van der Waals surface area contributed by atoms with Gasteiger partial charge < -0.3 is 0 Å². The van der Waals surface area contributed by atoms with Crippen LogP contribution in [0.25, 0.3) is 28.0 Å². The van der Waals surface area contributed by atoms with Crippen LogP contribution in [0.5, 0.6) is 0 Å². The number of benzene rings is 3. The second-order valence-corrected chi connectivity index (χ2v) is 10.5. The zero-order valence-corrected chi connectivity index (χ0v) is 19.8. The number of hydrogen-bond acceptors (Lipinski definition) is 0. The fourth-order valence-corrected chi connectivity index (χ4v) is 6.69. The van der Waals surface area contributed by atoms with Crippen LogP contribution in [0.2, 0.25) is 0 Å². The SMILES string of the molecule is CCC1(CC2=Cc3c(-c4ccc5ccccc5c4)cccc3[CH]2[Zr])CCCCC1. The molecule has 2 aliphatic rings. The molecule has 29 heavy (non-hydrogen) atoms. The van der Waals surface area contributed by atoms with Crippen molar-refractivity contribution in [2.24, 2.45) is 5.41 Å². The van der Waals surface area contributed by atoms with Crippen LogP contribution in [0.1, 0.15) is 66.6 Å². The summed E-state index contributed by atoms with van der Waals surface area (Å²) in [5.41, 5.74) is 8.07. The van der Waals surface area contributed by atoms with Gasteiger partial charge in [0.2, 0.25) is 0 Å². The average molecular weight is 457 g/mol. The van der Waals surface area contributed by atoms with Crippen LogP contribution in [-0.2, 0) is 24.7 Å². The quantitative estimate of drug-likeness (QED) is 0.371. The topological polar surface area (TPSA) is 0 Å². The first-order valence-corrected chi connectivity index (χ1v) is 12.6. The maximum atomic E-state index is 2.57. The van der Waals surface area contributed by atoms with E-state index in [-0.39, 0.29) is 0 Å². The summed E-state index contributed by atoms with van der Waals surface area (Å²) in [6.07, 6.45) is 12.4. The Morgan fingerprint density at radius 3 is 2.48 bits per heavy atom. The zero-order valence-electron chi connectivity index (χ0n) is 17.4. The van der Waals surface area contributed by atoms with Crippen LogP contribution in [0.4, 0.5) is 0 Å². The van der Waals surface area contributed by atoms with E-state index in [0.717, 1.165) is 0 Å². The van der Waals surface area contributed by atoms with Gasteiger partial charge in [-0.2, -0.15) is 0 Å². The molecule has 0 nitrogen and oxygen atoms in total. The fourth-order valence-electron chi connectivity index (χ4n) is 5.62. The zero-order chi connectivity index (χ0) is 19.8. The Kier molecular flexibility index (Phi) is 5.38. The Balaban J connectivity index is 1.53. The summed E-state index contributed by atoms with van der Waals surface area (Å²) in [6.45, 7) is 2.42. The van der Waals surface area contributed by atoms with E-state index in [0.29, 0.717) is 9.04 Å². The van der Waals surface area contributed by atoms with Crippen LogP contribution < -0.4 is 0 Å². The van der Waals surface area contributed by atoms with Crippen molar-refractivity contribution in [1.82, 2.24) is 0 Å². The van der Waals surface area contributed by atoms with Crippen LogP contribution in [0.15, 0.2) is 66.2 Å². The Morgan fingerprint density at radius 1 is 0.897 bits per heavy atom. The number of fused-ring (bicyclic) bond motifs is 2. The molecule has 0 amide bonds. The molecular formula is C28H29Zr. The molecule has 1 saturated carbocycles. The molecule has 0 heterocycles. The number of rotatable bonds is 4. The number of allylic oxidation sites excluding steroid dienone is 1. The predicted octanol–water partition coefficient (Wildman–Crippen LogP) is 8.24. The van der Waals surface area contributed by atoms with E-state index in [9.17, 15) is 0 Å². The molecule has 0 bridgehead atoms. The van der Waals surface area contributed by atoms with Crippen LogP contribution in [0, 0.1) is 5.41 Å². The summed E-state index contributed by atoms with van der Waals surface area (Å²) in [7, 11) is 0. The molecule has 2 aliphatic carbocycles. The first-order valence-electron chi connectivity index (χ1n) is 11.2. The third kappa shape index (κ3) is 3.61. The van der Waals surface area contributed by atoms with E-state index in [1.54, 1.807) is 35.9 Å². The van der Waals surface area contributed by atoms with Gasteiger partial charge in [-0.25, -0.2) is 0 Å². The summed E-state index contributed by atoms with van der Waals surface area (Å²) < 4.78 is 0.642. The molecule has 1 fully saturated rings. The Morgan fingerprint density at radius 2 is 1.69 bits per heavy atom. The van der Waals surface area contributed by atoms with Crippen molar-refractivity contribution in [1.29, 1.82) is 0 Å². The standard InChI is InChI=1S/C28H29.Zr/c1-2-28(15-6-3-7-16-28)20-21-17-24-11-8-12-26(27(24)18-21)25-14-13-22-9-4-5-10-23(22)19-25;/h4-5,8-14,17-19H,2-3,6-7,15-16,20H2,1H3;. The van der Waals surface area contributed by atoms with Crippen molar-refractivity contribution < 1.29 is 24.7 Å². The molecule has 0 aliphatic heterocycles. The van der Waals surface area contributed by atoms with Crippen molar-refractivity contribution in [2.75, 3.05) is 0 Å². The molecule has 1 unspecified atom stereocenters. The summed E-state index contributed by atoms with van der Waals surface area (Å²) in [6, 6.07) is 22.6. The van der Waals surface area contributed by atoms with Crippen molar-refractivity contribution in [3.05, 3.63) is 77.4 Å². The van der Waals surface area contributed by atoms with E-state index >= 15 is 0 Å². The first kappa shape index (κ1) is 19.5. The van der Waals surface area contributed by atoms with Gasteiger partial charge in [0.25, 0.3) is 0 Å². The van der Waals surface area contributed by atoms with Gasteiger partial charge in [-0.1, -0.05) is 0 Å². The third-order valence-corrected chi connectivity index (χ3v) is 9.13. The molecular weight excluding hydrogens is 428 g/mol. The molecule has 1 heteroatoms. The Hall–Kier alpha value is -1.46. The van der Waals surface area contributed by atoms with Crippen LogP contribution >= 0.6 is 0 Å². The second kappa shape index (κ2) is 7.99.